The molecule has 0 unspecified atom stereocenters. The number of aryl methyl sites for hydroxylation is 1. The van der Waals surface area contributed by atoms with Crippen LogP contribution >= 0.6 is 11.8 Å². The Kier molecular flexibility index (Phi) is 8.22. The number of amides is 2. The van der Waals surface area contributed by atoms with Crippen molar-refractivity contribution in [1.29, 1.82) is 0 Å². The van der Waals surface area contributed by atoms with Crippen molar-refractivity contribution in [3.8, 4) is 5.75 Å². The minimum atomic E-state index is -2.96. The maximum atomic E-state index is 12.8. The Bertz CT molecular complexity index is 1200. The van der Waals surface area contributed by atoms with E-state index in [1.165, 1.54) is 12.1 Å². The van der Waals surface area contributed by atoms with Crippen molar-refractivity contribution < 1.29 is 23.1 Å². The van der Waals surface area contributed by atoms with Crippen LogP contribution in [0.4, 0.5) is 14.5 Å². The molecule has 1 aromatic heterocycles. The van der Waals surface area contributed by atoms with Gasteiger partial charge in [0.05, 0.1) is 11.3 Å². The van der Waals surface area contributed by atoms with Crippen molar-refractivity contribution in [2.45, 2.75) is 38.8 Å². The van der Waals surface area contributed by atoms with Crippen molar-refractivity contribution in [2.24, 2.45) is 5.73 Å². The summed E-state index contributed by atoms with van der Waals surface area (Å²) in [6.07, 6.45) is 0.356. The van der Waals surface area contributed by atoms with Crippen LogP contribution in [0.2, 0.25) is 0 Å². The van der Waals surface area contributed by atoms with Crippen LogP contribution in [0.1, 0.15) is 38.3 Å². The Labute approximate surface area is 200 Å². The molecule has 2 amide bonds. The van der Waals surface area contributed by atoms with Crippen LogP contribution in [0.5, 0.6) is 5.75 Å². The van der Waals surface area contributed by atoms with Gasteiger partial charge in [0.25, 0.3) is 5.91 Å². The number of thioether (sulfide) groups is 1. The smallest absolute Gasteiger partial charge is 0.387 e. The molecule has 3 aromatic rings. The van der Waals surface area contributed by atoms with Crippen molar-refractivity contribution >= 4 is 29.3 Å². The van der Waals surface area contributed by atoms with E-state index in [0.29, 0.717) is 28.3 Å². The summed E-state index contributed by atoms with van der Waals surface area (Å²) in [7, 11) is 0. The van der Waals surface area contributed by atoms with Gasteiger partial charge in [0, 0.05) is 23.4 Å². The number of nitrogens with two attached hydrogens (primary N) is 1. The highest BCUT2D eigenvalue weighted by Crippen LogP contribution is 2.29. The largest absolute Gasteiger partial charge is 0.435 e. The summed E-state index contributed by atoms with van der Waals surface area (Å²) in [6, 6.07) is 13.9. The number of nitrogens with one attached hydrogen (secondary N) is 1. The van der Waals surface area contributed by atoms with E-state index in [1.54, 1.807) is 13.0 Å². The lowest BCUT2D eigenvalue weighted by Gasteiger charge is -2.15. The molecular weight excluding hydrogens is 460 g/mol. The van der Waals surface area contributed by atoms with Gasteiger partial charge in [-0.3, -0.25) is 9.59 Å². The zero-order valence-electron chi connectivity index (χ0n) is 19.0. The third-order valence-electron chi connectivity index (χ3n) is 5.35. The van der Waals surface area contributed by atoms with Gasteiger partial charge in [0.15, 0.2) is 0 Å². The van der Waals surface area contributed by atoms with Crippen molar-refractivity contribution in [3.05, 3.63) is 82.0 Å². The fourth-order valence-electron chi connectivity index (χ4n) is 3.46. The molecule has 9 heteroatoms. The molecule has 0 aliphatic heterocycles. The van der Waals surface area contributed by atoms with E-state index in [1.807, 2.05) is 44.2 Å². The minimum absolute atomic E-state index is 0.0154. The van der Waals surface area contributed by atoms with Gasteiger partial charge in [-0.25, -0.2) is 4.98 Å². The molecule has 178 valence electrons. The summed E-state index contributed by atoms with van der Waals surface area (Å²) in [5.74, 6) is -0.909. The standard InChI is InChI=1S/C25H25F2N3O3S/c1-14-15(2)22(23(28)32)24(29-16(14)3)34-13-21(31)30-19-9-10-20(33-25(26)27)18(12-19)11-17-7-5-4-6-8-17/h4-10,12,25H,11,13H2,1-3H3,(H2,28,32)(H,30,31). The van der Waals surface area contributed by atoms with Crippen LogP contribution in [0.15, 0.2) is 53.6 Å². The SMILES string of the molecule is Cc1nc(SCC(=O)Nc2ccc(OC(F)F)c(Cc3ccccc3)c2)c(C(N)=O)c(C)c1C. The molecule has 0 bridgehead atoms. The number of rotatable bonds is 9. The highest BCUT2D eigenvalue weighted by atomic mass is 32.2. The van der Waals surface area contributed by atoms with E-state index in [-0.39, 0.29) is 17.4 Å². The molecular formula is C25H25F2N3O3S. The molecule has 0 radical (unpaired) electrons. The van der Waals surface area contributed by atoms with E-state index >= 15 is 0 Å². The van der Waals surface area contributed by atoms with Gasteiger partial charge in [-0.1, -0.05) is 42.1 Å². The van der Waals surface area contributed by atoms with Crippen LogP contribution in [0.25, 0.3) is 0 Å². The minimum Gasteiger partial charge on any atom is -0.435 e. The van der Waals surface area contributed by atoms with E-state index in [9.17, 15) is 18.4 Å². The lowest BCUT2D eigenvalue weighted by molar-refractivity contribution is -0.113. The number of anilines is 1. The van der Waals surface area contributed by atoms with E-state index in [2.05, 4.69) is 15.0 Å². The second-order valence-electron chi connectivity index (χ2n) is 7.69. The molecule has 0 aliphatic carbocycles. The average Bonchev–Trinajstić information content (AvgIpc) is 2.78. The molecule has 2 aromatic carbocycles. The number of nitrogens with zero attached hydrogens (tertiary/aromatic N) is 1. The third-order valence-corrected chi connectivity index (χ3v) is 6.32. The Balaban J connectivity index is 1.76. The number of carbonyl (C=O) groups is 2. The lowest BCUT2D eigenvalue weighted by Crippen LogP contribution is -2.18. The van der Waals surface area contributed by atoms with Gasteiger partial charge < -0.3 is 15.8 Å². The van der Waals surface area contributed by atoms with Gasteiger partial charge in [-0.15, -0.1) is 0 Å². The van der Waals surface area contributed by atoms with Crippen molar-refractivity contribution in [2.75, 3.05) is 11.1 Å². The van der Waals surface area contributed by atoms with Gasteiger partial charge in [0.2, 0.25) is 5.91 Å². The first-order valence-electron chi connectivity index (χ1n) is 10.5. The summed E-state index contributed by atoms with van der Waals surface area (Å²) < 4.78 is 30.3. The molecule has 0 saturated heterocycles. The Morgan fingerprint density at radius 3 is 2.44 bits per heavy atom. The zero-order chi connectivity index (χ0) is 24.8. The molecule has 1 heterocycles. The second kappa shape index (κ2) is 11.1. The van der Waals surface area contributed by atoms with Crippen LogP contribution < -0.4 is 15.8 Å². The molecule has 0 spiro atoms. The number of hydrogen-bond donors (Lipinski definition) is 2. The number of alkyl halides is 2. The molecule has 6 nitrogen and oxygen atoms in total. The fourth-order valence-corrected chi connectivity index (χ4v) is 4.40. The Morgan fingerprint density at radius 1 is 1.09 bits per heavy atom. The van der Waals surface area contributed by atoms with Crippen molar-refractivity contribution in [3.63, 3.8) is 0 Å². The summed E-state index contributed by atoms with van der Waals surface area (Å²) >= 11 is 1.11. The summed E-state index contributed by atoms with van der Waals surface area (Å²) in [5, 5.41) is 3.16. The first kappa shape index (κ1) is 25.2. The van der Waals surface area contributed by atoms with Gasteiger partial charge >= 0.3 is 6.61 Å². The number of aromatic nitrogens is 1. The Hall–Kier alpha value is -3.46. The number of primary amides is 1. The van der Waals surface area contributed by atoms with Crippen molar-refractivity contribution in [1.82, 2.24) is 4.98 Å². The van der Waals surface area contributed by atoms with Crippen LogP contribution in [-0.2, 0) is 11.2 Å². The monoisotopic (exact) mass is 485 g/mol. The summed E-state index contributed by atoms with van der Waals surface area (Å²) in [6.45, 7) is 2.53. The number of benzene rings is 2. The van der Waals surface area contributed by atoms with E-state index < -0.39 is 12.5 Å². The van der Waals surface area contributed by atoms with Gasteiger partial charge in [0.1, 0.15) is 10.8 Å². The first-order chi connectivity index (χ1) is 16.2. The molecule has 3 rings (SSSR count). The third kappa shape index (κ3) is 6.32. The van der Waals surface area contributed by atoms with Crippen LogP contribution in [0, 0.1) is 20.8 Å². The van der Waals surface area contributed by atoms with Gasteiger partial charge in [-0.2, -0.15) is 8.78 Å². The molecule has 0 saturated carbocycles. The maximum absolute atomic E-state index is 12.8. The number of pyridine rings is 1. The number of halogens is 2. The highest BCUT2D eigenvalue weighted by molar-refractivity contribution is 8.00. The quantitative estimate of drug-likeness (QED) is 0.415. The number of ether oxygens (including phenoxy) is 1. The van der Waals surface area contributed by atoms with Crippen LogP contribution in [0.3, 0.4) is 0 Å². The highest BCUT2D eigenvalue weighted by Gasteiger charge is 2.19. The zero-order valence-corrected chi connectivity index (χ0v) is 19.8. The number of carbonyl (C=O) groups excluding carboxylic acids is 2. The Morgan fingerprint density at radius 2 is 1.79 bits per heavy atom. The molecule has 0 fully saturated rings. The normalized spacial score (nSPS) is 10.9. The summed E-state index contributed by atoms with van der Waals surface area (Å²) in [4.78, 5) is 29.0. The topological polar surface area (TPSA) is 94.3 Å². The number of hydrogen-bond acceptors (Lipinski definition) is 5. The maximum Gasteiger partial charge on any atom is 0.387 e. The average molecular weight is 486 g/mol. The van der Waals surface area contributed by atoms with Gasteiger partial charge in [-0.05, 0) is 55.7 Å². The van der Waals surface area contributed by atoms with E-state index in [0.717, 1.165) is 34.1 Å². The molecule has 0 aliphatic rings. The first-order valence-corrected chi connectivity index (χ1v) is 11.5. The molecule has 34 heavy (non-hydrogen) atoms. The lowest BCUT2D eigenvalue weighted by atomic mass is 10.0. The predicted molar refractivity (Wildman–Crippen MR) is 129 cm³/mol. The molecule has 0 atom stereocenters. The second-order valence-corrected chi connectivity index (χ2v) is 8.66. The van der Waals surface area contributed by atoms with E-state index in [4.69, 9.17) is 5.73 Å². The predicted octanol–water partition coefficient (Wildman–Crippen LogP) is 5.03. The summed E-state index contributed by atoms with van der Waals surface area (Å²) in [5.41, 5.74) is 10.1. The molecule has 3 N–H and O–H groups in total. The van der Waals surface area contributed by atoms with Crippen LogP contribution in [-0.4, -0.2) is 29.2 Å². The fraction of sp³-hybridized carbons (Fsp3) is 0.240.